The maximum Gasteiger partial charge on any atom is 0.136 e. The van der Waals surface area contributed by atoms with E-state index in [0.717, 1.165) is 6.42 Å². The molecule has 0 N–H and O–H groups in total. The van der Waals surface area contributed by atoms with Crippen LogP contribution in [-0.4, -0.2) is 11.8 Å². The zero-order valence-electron chi connectivity index (χ0n) is 9.07. The van der Waals surface area contributed by atoms with Crippen molar-refractivity contribution in [3.05, 3.63) is 12.2 Å². The fourth-order valence-electron chi connectivity index (χ4n) is 2.17. The standard InChI is InChI=1S/C12H18O3/c1-2-3-4-5-10-9(8-12(14)15)6-7-11(10)13/h3-4,9-10H,2,5-8H2,1H3,(H,14,15)/p-1/t9-,10+/m0/s1. The van der Waals surface area contributed by atoms with Gasteiger partial charge in [0.15, 0.2) is 0 Å². The number of carbonyl (C=O) groups is 2. The second-order valence-corrected chi connectivity index (χ2v) is 4.06. The van der Waals surface area contributed by atoms with Gasteiger partial charge in [-0.2, -0.15) is 0 Å². The van der Waals surface area contributed by atoms with E-state index in [9.17, 15) is 14.7 Å². The number of carboxylic acid groups (broad SMARTS) is 1. The first-order valence-corrected chi connectivity index (χ1v) is 5.52. The van der Waals surface area contributed by atoms with E-state index in [1.54, 1.807) is 0 Å². The summed E-state index contributed by atoms with van der Waals surface area (Å²) in [5.74, 6) is -0.934. The van der Waals surface area contributed by atoms with Crippen LogP contribution in [0.25, 0.3) is 0 Å². The summed E-state index contributed by atoms with van der Waals surface area (Å²) < 4.78 is 0. The van der Waals surface area contributed by atoms with E-state index >= 15 is 0 Å². The van der Waals surface area contributed by atoms with Gasteiger partial charge in [-0.15, -0.1) is 0 Å². The topological polar surface area (TPSA) is 57.2 Å². The minimum atomic E-state index is -1.04. The molecule has 1 aliphatic carbocycles. The van der Waals surface area contributed by atoms with Gasteiger partial charge in [-0.25, -0.2) is 0 Å². The lowest BCUT2D eigenvalue weighted by Crippen LogP contribution is -2.27. The minimum Gasteiger partial charge on any atom is -0.550 e. The maximum atomic E-state index is 11.5. The Bertz CT molecular complexity index is 268. The molecule has 0 bridgehead atoms. The molecule has 0 aromatic heterocycles. The maximum absolute atomic E-state index is 11.5. The molecule has 1 aliphatic rings. The number of carbonyl (C=O) groups excluding carboxylic acids is 2. The number of allylic oxidation sites excluding steroid dienone is 2. The molecule has 15 heavy (non-hydrogen) atoms. The third-order valence-electron chi connectivity index (χ3n) is 2.97. The molecular formula is C12H17O3-. The Hall–Kier alpha value is -1.12. The molecule has 1 saturated carbocycles. The van der Waals surface area contributed by atoms with Gasteiger partial charge in [-0.05, 0) is 31.6 Å². The second-order valence-electron chi connectivity index (χ2n) is 4.06. The van der Waals surface area contributed by atoms with Crippen molar-refractivity contribution in [1.82, 2.24) is 0 Å². The van der Waals surface area contributed by atoms with Crippen LogP contribution in [0, 0.1) is 11.8 Å². The number of hydrogen-bond acceptors (Lipinski definition) is 3. The summed E-state index contributed by atoms with van der Waals surface area (Å²) in [5.41, 5.74) is 0. The molecule has 1 rings (SSSR count). The second kappa shape index (κ2) is 5.69. The van der Waals surface area contributed by atoms with Gasteiger partial charge in [0.25, 0.3) is 0 Å². The molecule has 2 atom stereocenters. The van der Waals surface area contributed by atoms with Crippen molar-refractivity contribution in [2.75, 3.05) is 0 Å². The van der Waals surface area contributed by atoms with Gasteiger partial charge in [0.1, 0.15) is 5.78 Å². The molecule has 0 heterocycles. The van der Waals surface area contributed by atoms with Gasteiger partial charge in [0, 0.05) is 18.3 Å². The zero-order chi connectivity index (χ0) is 11.3. The SMILES string of the molecule is CCC=CC[C@H]1C(=O)CC[C@H]1CC(=O)[O-]. The highest BCUT2D eigenvalue weighted by Crippen LogP contribution is 2.33. The lowest BCUT2D eigenvalue weighted by Gasteiger charge is -2.17. The van der Waals surface area contributed by atoms with Crippen LogP contribution >= 0.6 is 0 Å². The van der Waals surface area contributed by atoms with Crippen LogP contribution in [0.3, 0.4) is 0 Å². The Balaban J connectivity index is 2.52. The fraction of sp³-hybridized carbons (Fsp3) is 0.667. The van der Waals surface area contributed by atoms with E-state index < -0.39 is 5.97 Å². The average Bonchev–Trinajstić information content (AvgIpc) is 2.49. The molecule has 3 heteroatoms. The lowest BCUT2D eigenvalue weighted by atomic mass is 9.89. The first-order chi connectivity index (χ1) is 7.15. The lowest BCUT2D eigenvalue weighted by molar-refractivity contribution is -0.307. The van der Waals surface area contributed by atoms with Crippen molar-refractivity contribution in [3.63, 3.8) is 0 Å². The Labute approximate surface area is 90.2 Å². The molecule has 0 spiro atoms. The van der Waals surface area contributed by atoms with Crippen LogP contribution < -0.4 is 5.11 Å². The fourth-order valence-corrected chi connectivity index (χ4v) is 2.17. The van der Waals surface area contributed by atoms with E-state index in [1.807, 2.05) is 19.1 Å². The van der Waals surface area contributed by atoms with E-state index in [0.29, 0.717) is 19.3 Å². The monoisotopic (exact) mass is 209 g/mol. The number of ketones is 1. The molecule has 0 radical (unpaired) electrons. The Kier molecular flexibility index (Phi) is 4.53. The van der Waals surface area contributed by atoms with Gasteiger partial charge in [-0.1, -0.05) is 19.1 Å². The summed E-state index contributed by atoms with van der Waals surface area (Å²) >= 11 is 0. The Morgan fingerprint density at radius 2 is 2.27 bits per heavy atom. The predicted molar refractivity (Wildman–Crippen MR) is 54.9 cm³/mol. The molecule has 0 amide bonds. The molecule has 1 fully saturated rings. The summed E-state index contributed by atoms with van der Waals surface area (Å²) in [7, 11) is 0. The zero-order valence-corrected chi connectivity index (χ0v) is 9.07. The van der Waals surface area contributed by atoms with E-state index in [4.69, 9.17) is 0 Å². The van der Waals surface area contributed by atoms with Crippen LogP contribution in [0.4, 0.5) is 0 Å². The largest absolute Gasteiger partial charge is 0.550 e. The number of hydrogen-bond donors (Lipinski definition) is 0. The highest BCUT2D eigenvalue weighted by Gasteiger charge is 2.33. The summed E-state index contributed by atoms with van der Waals surface area (Å²) in [6.45, 7) is 2.03. The Morgan fingerprint density at radius 3 is 2.87 bits per heavy atom. The number of aliphatic carboxylic acids is 1. The molecule has 0 saturated heterocycles. The third-order valence-corrected chi connectivity index (χ3v) is 2.97. The van der Waals surface area contributed by atoms with Crippen molar-refractivity contribution >= 4 is 11.8 Å². The number of Topliss-reactive ketones (excluding diaryl/α,β-unsaturated/α-hetero) is 1. The van der Waals surface area contributed by atoms with Crippen LogP contribution in [0.5, 0.6) is 0 Å². The van der Waals surface area contributed by atoms with E-state index in [-0.39, 0.29) is 24.0 Å². The molecule has 84 valence electrons. The highest BCUT2D eigenvalue weighted by atomic mass is 16.4. The highest BCUT2D eigenvalue weighted by molar-refractivity contribution is 5.84. The number of rotatable bonds is 5. The first-order valence-electron chi connectivity index (χ1n) is 5.52. The van der Waals surface area contributed by atoms with Crippen molar-refractivity contribution in [3.8, 4) is 0 Å². The van der Waals surface area contributed by atoms with Crippen LogP contribution in [0.15, 0.2) is 12.2 Å². The van der Waals surface area contributed by atoms with Gasteiger partial charge in [-0.3, -0.25) is 4.79 Å². The summed E-state index contributed by atoms with van der Waals surface area (Å²) in [4.78, 5) is 22.0. The van der Waals surface area contributed by atoms with E-state index in [2.05, 4.69) is 0 Å². The molecule has 0 aromatic rings. The molecular weight excluding hydrogens is 192 g/mol. The molecule has 0 unspecified atom stereocenters. The average molecular weight is 209 g/mol. The van der Waals surface area contributed by atoms with E-state index in [1.165, 1.54) is 0 Å². The van der Waals surface area contributed by atoms with Gasteiger partial charge in [0.2, 0.25) is 0 Å². The van der Waals surface area contributed by atoms with Crippen molar-refractivity contribution in [1.29, 1.82) is 0 Å². The molecule has 3 nitrogen and oxygen atoms in total. The van der Waals surface area contributed by atoms with Crippen LogP contribution in [0.2, 0.25) is 0 Å². The summed E-state index contributed by atoms with van der Waals surface area (Å²) in [5, 5.41) is 10.5. The van der Waals surface area contributed by atoms with Crippen LogP contribution in [-0.2, 0) is 9.59 Å². The predicted octanol–water partition coefficient (Wildman–Crippen LogP) is 1.08. The van der Waals surface area contributed by atoms with Crippen molar-refractivity contribution in [2.45, 2.75) is 39.0 Å². The van der Waals surface area contributed by atoms with Gasteiger partial charge in [0.05, 0.1) is 0 Å². The summed E-state index contributed by atoms with van der Waals surface area (Å²) in [6.07, 6.45) is 6.89. The van der Waals surface area contributed by atoms with Gasteiger partial charge < -0.3 is 9.90 Å². The number of carboxylic acids is 1. The van der Waals surface area contributed by atoms with Crippen LogP contribution in [0.1, 0.15) is 39.0 Å². The molecule has 0 aromatic carbocycles. The first kappa shape index (κ1) is 12.0. The summed E-state index contributed by atoms with van der Waals surface area (Å²) in [6, 6.07) is 0. The smallest absolute Gasteiger partial charge is 0.136 e. The van der Waals surface area contributed by atoms with Crippen molar-refractivity contribution in [2.24, 2.45) is 11.8 Å². The normalized spacial score (nSPS) is 26.3. The molecule has 0 aliphatic heterocycles. The van der Waals surface area contributed by atoms with Crippen molar-refractivity contribution < 1.29 is 14.7 Å². The third kappa shape index (κ3) is 3.50. The van der Waals surface area contributed by atoms with Gasteiger partial charge >= 0.3 is 0 Å². The minimum absolute atomic E-state index is 0.0102. The quantitative estimate of drug-likeness (QED) is 0.636. The Morgan fingerprint density at radius 1 is 1.53 bits per heavy atom.